The van der Waals surface area contributed by atoms with Crippen molar-refractivity contribution in [3.05, 3.63) is 23.9 Å². The number of benzene rings is 1. The van der Waals surface area contributed by atoms with Crippen LogP contribution in [0.4, 0.5) is 0 Å². The van der Waals surface area contributed by atoms with Crippen molar-refractivity contribution in [3.63, 3.8) is 0 Å². The first-order valence-electron chi connectivity index (χ1n) is 9.94. The summed E-state index contributed by atoms with van der Waals surface area (Å²) in [5.41, 5.74) is 1.32. The Morgan fingerprint density at radius 2 is 1.93 bits per heavy atom. The average Bonchev–Trinajstić information content (AvgIpc) is 2.98. The zero-order valence-electron chi connectivity index (χ0n) is 18.2. The molecule has 0 saturated carbocycles. The predicted molar refractivity (Wildman–Crippen MR) is 112 cm³/mol. The molecule has 1 aromatic heterocycles. The Bertz CT molecular complexity index is 847. The van der Waals surface area contributed by atoms with Crippen LogP contribution in [0.3, 0.4) is 0 Å². The normalized spacial score (nSPS) is 11.9. The van der Waals surface area contributed by atoms with E-state index in [2.05, 4.69) is 25.9 Å². The zero-order valence-corrected chi connectivity index (χ0v) is 18.2. The van der Waals surface area contributed by atoms with E-state index in [9.17, 15) is 9.59 Å². The maximum atomic E-state index is 12.9. The van der Waals surface area contributed by atoms with Crippen LogP contribution < -0.4 is 4.74 Å². The Labute approximate surface area is 167 Å². The lowest BCUT2D eigenvalue weighted by atomic mass is 9.92. The number of likely N-dealkylation sites (N-methyl/N-ethyl adjacent to an activating group) is 1. The van der Waals surface area contributed by atoms with Gasteiger partial charge in [0.05, 0.1) is 12.6 Å². The van der Waals surface area contributed by atoms with Gasteiger partial charge in [0.1, 0.15) is 18.0 Å². The zero-order chi connectivity index (χ0) is 21.1. The number of hydrogen-bond acceptors (Lipinski definition) is 4. The van der Waals surface area contributed by atoms with Crippen LogP contribution in [0.2, 0.25) is 0 Å². The molecule has 154 valence electrons. The predicted octanol–water partition coefficient (Wildman–Crippen LogP) is 4.17. The van der Waals surface area contributed by atoms with Crippen LogP contribution >= 0.6 is 0 Å². The third-order valence-electron chi connectivity index (χ3n) is 4.87. The highest BCUT2D eigenvalue weighted by atomic mass is 16.5. The van der Waals surface area contributed by atoms with E-state index in [4.69, 9.17) is 4.74 Å². The number of nitrogens with zero attached hydrogens (tertiary/aromatic N) is 3. The van der Waals surface area contributed by atoms with E-state index >= 15 is 0 Å². The van der Waals surface area contributed by atoms with Gasteiger partial charge < -0.3 is 9.64 Å². The number of ketones is 1. The van der Waals surface area contributed by atoms with Crippen LogP contribution in [0.1, 0.15) is 58.5 Å². The van der Waals surface area contributed by atoms with Crippen LogP contribution in [0.25, 0.3) is 10.9 Å². The summed E-state index contributed by atoms with van der Waals surface area (Å²) in [6.07, 6.45) is 0.928. The number of carbonyl (C=O) groups excluding carboxylic acids is 2. The summed E-state index contributed by atoms with van der Waals surface area (Å²) >= 11 is 0. The van der Waals surface area contributed by atoms with Crippen molar-refractivity contribution in [2.45, 2.75) is 54.5 Å². The van der Waals surface area contributed by atoms with Crippen molar-refractivity contribution in [3.8, 4) is 5.75 Å². The summed E-state index contributed by atoms with van der Waals surface area (Å²) in [6, 6.07) is 5.49. The van der Waals surface area contributed by atoms with E-state index in [0.717, 1.165) is 17.3 Å². The molecular weight excluding hydrogens is 354 g/mol. The minimum absolute atomic E-state index is 0.00233. The molecule has 28 heavy (non-hydrogen) atoms. The fourth-order valence-electron chi connectivity index (χ4n) is 3.01. The van der Waals surface area contributed by atoms with Gasteiger partial charge in [-0.15, -0.1) is 0 Å². The molecule has 0 radical (unpaired) electrons. The first-order chi connectivity index (χ1) is 13.1. The lowest BCUT2D eigenvalue weighted by Crippen LogP contribution is -2.36. The van der Waals surface area contributed by atoms with Gasteiger partial charge in [-0.2, -0.15) is 5.10 Å². The summed E-state index contributed by atoms with van der Waals surface area (Å²) in [5, 5.41) is 5.27. The molecule has 2 aromatic rings. The maximum absolute atomic E-state index is 12.9. The van der Waals surface area contributed by atoms with Crippen molar-refractivity contribution in [2.24, 2.45) is 11.3 Å². The van der Waals surface area contributed by atoms with Gasteiger partial charge in [0.2, 0.25) is 5.91 Å². The molecule has 0 spiro atoms. The maximum Gasteiger partial charge on any atom is 0.244 e. The number of hydrogen-bond donors (Lipinski definition) is 0. The molecule has 0 aliphatic heterocycles. The first kappa shape index (κ1) is 21.9. The van der Waals surface area contributed by atoms with Gasteiger partial charge in [0.15, 0.2) is 5.78 Å². The average molecular weight is 388 g/mol. The molecule has 6 nitrogen and oxygen atoms in total. The van der Waals surface area contributed by atoms with Gasteiger partial charge in [0.25, 0.3) is 0 Å². The molecular formula is C22H33N3O3. The number of rotatable bonds is 8. The minimum atomic E-state index is -0.164. The lowest BCUT2D eigenvalue weighted by molar-refractivity contribution is -0.132. The van der Waals surface area contributed by atoms with Crippen LogP contribution in [-0.2, 0) is 11.3 Å². The standard InChI is InChI=1S/C22H33N3O3/c1-8-24(12-11-22(4,5)6)19(26)14-25-18-13-16(28-7)9-10-17(18)20(23-25)21(27)15(2)3/h9-10,13,15H,8,11-12,14H2,1-7H3. The number of carbonyl (C=O) groups is 2. The van der Waals surface area contributed by atoms with Crippen LogP contribution in [0, 0.1) is 11.3 Å². The van der Waals surface area contributed by atoms with Gasteiger partial charge in [-0.25, -0.2) is 0 Å². The number of Topliss-reactive ketones (excluding diaryl/α,β-unsaturated/α-hetero) is 1. The van der Waals surface area contributed by atoms with Crippen molar-refractivity contribution in [2.75, 3.05) is 20.2 Å². The van der Waals surface area contributed by atoms with E-state index in [1.807, 2.05) is 43.9 Å². The summed E-state index contributed by atoms with van der Waals surface area (Å²) < 4.78 is 6.96. The molecule has 0 unspecified atom stereocenters. The highest BCUT2D eigenvalue weighted by Crippen LogP contribution is 2.26. The van der Waals surface area contributed by atoms with Crippen molar-refractivity contribution in [1.29, 1.82) is 0 Å². The topological polar surface area (TPSA) is 64.4 Å². The van der Waals surface area contributed by atoms with Crippen LogP contribution in [0.15, 0.2) is 18.2 Å². The fourth-order valence-corrected chi connectivity index (χ4v) is 3.01. The molecule has 1 aromatic carbocycles. The fraction of sp³-hybridized carbons (Fsp3) is 0.591. The molecule has 1 amide bonds. The highest BCUT2D eigenvalue weighted by molar-refractivity contribution is 6.07. The minimum Gasteiger partial charge on any atom is -0.497 e. The summed E-state index contributed by atoms with van der Waals surface area (Å²) in [5.74, 6) is 0.483. The Kier molecular flexibility index (Phi) is 6.86. The Balaban J connectivity index is 2.36. The second-order valence-corrected chi connectivity index (χ2v) is 8.69. The Morgan fingerprint density at radius 3 is 2.46 bits per heavy atom. The van der Waals surface area contributed by atoms with Crippen LogP contribution in [-0.4, -0.2) is 46.6 Å². The summed E-state index contributed by atoms with van der Waals surface area (Å²) in [4.78, 5) is 27.4. The van der Waals surface area contributed by atoms with Crippen LogP contribution in [0.5, 0.6) is 5.75 Å². The monoisotopic (exact) mass is 387 g/mol. The van der Waals surface area contributed by atoms with E-state index in [1.54, 1.807) is 11.8 Å². The first-order valence-corrected chi connectivity index (χ1v) is 9.94. The molecule has 6 heteroatoms. The van der Waals surface area contributed by atoms with E-state index in [1.165, 1.54) is 0 Å². The highest BCUT2D eigenvalue weighted by Gasteiger charge is 2.23. The Hall–Kier alpha value is -2.37. The molecule has 0 saturated heterocycles. The number of fused-ring (bicyclic) bond motifs is 1. The summed E-state index contributed by atoms with van der Waals surface area (Å²) in [6.45, 7) is 13.7. The van der Waals surface area contributed by atoms with Crippen molar-refractivity contribution in [1.82, 2.24) is 14.7 Å². The van der Waals surface area contributed by atoms with Gasteiger partial charge in [-0.1, -0.05) is 34.6 Å². The molecule has 0 fully saturated rings. The molecule has 0 aliphatic carbocycles. The SMILES string of the molecule is CCN(CCC(C)(C)C)C(=O)Cn1nc(C(=O)C(C)C)c2ccc(OC)cc21. The van der Waals surface area contributed by atoms with E-state index in [-0.39, 0.29) is 29.6 Å². The second-order valence-electron chi connectivity index (χ2n) is 8.69. The molecule has 0 atom stereocenters. The number of ether oxygens (including phenoxy) is 1. The van der Waals surface area contributed by atoms with E-state index in [0.29, 0.717) is 24.5 Å². The number of amides is 1. The van der Waals surface area contributed by atoms with Crippen molar-refractivity contribution < 1.29 is 14.3 Å². The summed E-state index contributed by atoms with van der Waals surface area (Å²) in [7, 11) is 1.60. The quantitative estimate of drug-likeness (QED) is 0.638. The number of aromatic nitrogens is 2. The van der Waals surface area contributed by atoms with Gasteiger partial charge >= 0.3 is 0 Å². The van der Waals surface area contributed by atoms with Gasteiger partial charge in [-0.3, -0.25) is 14.3 Å². The molecule has 1 heterocycles. The van der Waals surface area contributed by atoms with Crippen molar-refractivity contribution >= 4 is 22.6 Å². The number of methoxy groups -OCH3 is 1. The van der Waals surface area contributed by atoms with Gasteiger partial charge in [0, 0.05) is 30.5 Å². The van der Waals surface area contributed by atoms with E-state index < -0.39 is 0 Å². The smallest absolute Gasteiger partial charge is 0.244 e. The Morgan fingerprint density at radius 1 is 1.25 bits per heavy atom. The molecule has 0 aliphatic rings. The third-order valence-corrected chi connectivity index (χ3v) is 4.87. The molecule has 0 bridgehead atoms. The largest absolute Gasteiger partial charge is 0.497 e. The lowest BCUT2D eigenvalue weighted by Gasteiger charge is -2.26. The third kappa shape index (κ3) is 5.12. The molecule has 0 N–H and O–H groups in total. The molecule has 2 rings (SSSR count). The second kappa shape index (κ2) is 8.76. The van der Waals surface area contributed by atoms with Gasteiger partial charge in [-0.05, 0) is 30.9 Å².